The van der Waals surface area contributed by atoms with Crippen LogP contribution in [0.3, 0.4) is 0 Å². The standard InChI is InChI=1S/C21H20FN5O/c1-2-16-17(4-3-5-18(16)22)15-8-10-26(11-9-15)21(28)20-25-24-19-7-6-14(12-23)13-27(19)20/h3-7,13,15H,2,8-11H2,1H3. The van der Waals surface area contributed by atoms with Gasteiger partial charge in [-0.15, -0.1) is 10.2 Å². The topological polar surface area (TPSA) is 74.3 Å². The molecular formula is C21H20FN5O. The van der Waals surface area contributed by atoms with E-state index in [0.29, 0.717) is 30.7 Å². The summed E-state index contributed by atoms with van der Waals surface area (Å²) in [4.78, 5) is 14.7. The van der Waals surface area contributed by atoms with Crippen molar-refractivity contribution in [3.63, 3.8) is 0 Å². The van der Waals surface area contributed by atoms with Crippen molar-refractivity contribution in [1.29, 1.82) is 5.26 Å². The maximum Gasteiger partial charge on any atom is 0.292 e. The minimum absolute atomic E-state index is 0.151. The number of benzene rings is 1. The van der Waals surface area contributed by atoms with Gasteiger partial charge in [-0.25, -0.2) is 4.39 Å². The molecule has 28 heavy (non-hydrogen) atoms. The highest BCUT2D eigenvalue weighted by atomic mass is 19.1. The number of piperidine rings is 1. The highest BCUT2D eigenvalue weighted by molar-refractivity contribution is 5.91. The van der Waals surface area contributed by atoms with E-state index < -0.39 is 0 Å². The zero-order valence-electron chi connectivity index (χ0n) is 15.6. The van der Waals surface area contributed by atoms with Crippen molar-refractivity contribution in [2.75, 3.05) is 13.1 Å². The average molecular weight is 377 g/mol. The Balaban J connectivity index is 1.52. The molecule has 0 spiro atoms. The van der Waals surface area contributed by atoms with Gasteiger partial charge >= 0.3 is 0 Å². The number of aromatic nitrogens is 3. The molecule has 6 nitrogen and oxygen atoms in total. The molecule has 1 saturated heterocycles. The SMILES string of the molecule is CCc1c(F)cccc1C1CCN(C(=O)c2nnc3ccc(C#N)cn23)CC1. The number of fused-ring (bicyclic) bond motifs is 1. The van der Waals surface area contributed by atoms with Gasteiger partial charge in [0.05, 0.1) is 5.56 Å². The molecule has 2 aromatic heterocycles. The molecule has 0 bridgehead atoms. The molecular weight excluding hydrogens is 357 g/mol. The number of nitriles is 1. The number of nitrogens with zero attached hydrogens (tertiary/aromatic N) is 5. The fourth-order valence-corrected chi connectivity index (χ4v) is 3.97. The van der Waals surface area contributed by atoms with Gasteiger partial charge in [-0.1, -0.05) is 19.1 Å². The second kappa shape index (κ2) is 7.39. The van der Waals surface area contributed by atoms with E-state index in [0.717, 1.165) is 24.0 Å². The van der Waals surface area contributed by atoms with Crippen LogP contribution in [0.1, 0.15) is 53.0 Å². The van der Waals surface area contributed by atoms with Crippen molar-refractivity contribution in [3.05, 3.63) is 64.9 Å². The van der Waals surface area contributed by atoms with Crippen LogP contribution in [0.2, 0.25) is 0 Å². The Morgan fingerprint density at radius 2 is 2.04 bits per heavy atom. The van der Waals surface area contributed by atoms with Crippen LogP contribution in [0.15, 0.2) is 36.5 Å². The molecule has 0 aliphatic carbocycles. The van der Waals surface area contributed by atoms with Gasteiger partial charge in [-0.3, -0.25) is 9.20 Å². The van der Waals surface area contributed by atoms with Crippen molar-refractivity contribution < 1.29 is 9.18 Å². The molecule has 0 unspecified atom stereocenters. The Labute approximate surface area is 162 Å². The Bertz CT molecular complexity index is 1080. The quantitative estimate of drug-likeness (QED) is 0.702. The number of halogens is 1. The summed E-state index contributed by atoms with van der Waals surface area (Å²) in [7, 11) is 0. The Kier molecular flexibility index (Phi) is 4.78. The summed E-state index contributed by atoms with van der Waals surface area (Å²) in [6.45, 7) is 3.12. The summed E-state index contributed by atoms with van der Waals surface area (Å²) < 4.78 is 15.7. The molecule has 1 aromatic carbocycles. The van der Waals surface area contributed by atoms with Crippen molar-refractivity contribution in [3.8, 4) is 6.07 Å². The molecule has 0 saturated carbocycles. The predicted octanol–water partition coefficient (Wildman–Crippen LogP) is 3.32. The van der Waals surface area contributed by atoms with Crippen LogP contribution < -0.4 is 0 Å². The van der Waals surface area contributed by atoms with Crippen LogP contribution >= 0.6 is 0 Å². The summed E-state index contributed by atoms with van der Waals surface area (Å²) in [6.07, 6.45) is 3.80. The van der Waals surface area contributed by atoms with E-state index in [1.807, 2.05) is 13.0 Å². The lowest BCUT2D eigenvalue weighted by Gasteiger charge is -2.32. The van der Waals surface area contributed by atoms with Crippen molar-refractivity contribution in [2.24, 2.45) is 0 Å². The number of pyridine rings is 1. The third kappa shape index (κ3) is 3.11. The first kappa shape index (κ1) is 18.1. The zero-order valence-corrected chi connectivity index (χ0v) is 15.6. The number of carbonyl (C=O) groups is 1. The van der Waals surface area contributed by atoms with Crippen molar-refractivity contribution >= 4 is 11.6 Å². The molecule has 142 valence electrons. The normalized spacial score (nSPS) is 15.0. The molecule has 4 rings (SSSR count). The first-order chi connectivity index (χ1) is 13.6. The van der Waals surface area contributed by atoms with Gasteiger partial charge in [0.15, 0.2) is 5.65 Å². The minimum Gasteiger partial charge on any atom is -0.336 e. The third-order valence-electron chi connectivity index (χ3n) is 5.45. The first-order valence-corrected chi connectivity index (χ1v) is 9.43. The molecule has 3 heterocycles. The largest absolute Gasteiger partial charge is 0.336 e. The van der Waals surface area contributed by atoms with Crippen LogP contribution in [-0.2, 0) is 6.42 Å². The molecule has 1 aliphatic rings. The summed E-state index contributed by atoms with van der Waals surface area (Å²) >= 11 is 0. The van der Waals surface area contributed by atoms with Gasteiger partial charge in [0.25, 0.3) is 5.91 Å². The third-order valence-corrected chi connectivity index (χ3v) is 5.45. The van der Waals surface area contributed by atoms with Crippen molar-refractivity contribution in [2.45, 2.75) is 32.1 Å². The molecule has 1 fully saturated rings. The lowest BCUT2D eigenvalue weighted by Crippen LogP contribution is -2.39. The highest BCUT2D eigenvalue weighted by Crippen LogP contribution is 2.32. The lowest BCUT2D eigenvalue weighted by molar-refractivity contribution is 0.0699. The predicted molar refractivity (Wildman–Crippen MR) is 101 cm³/mol. The second-order valence-electron chi connectivity index (χ2n) is 7.01. The van der Waals surface area contributed by atoms with Gasteiger partial charge in [0.2, 0.25) is 5.82 Å². The first-order valence-electron chi connectivity index (χ1n) is 9.43. The Morgan fingerprint density at radius 1 is 1.25 bits per heavy atom. The molecule has 0 radical (unpaired) electrons. The van der Waals surface area contributed by atoms with Gasteiger partial charge in [-0.2, -0.15) is 5.26 Å². The smallest absolute Gasteiger partial charge is 0.292 e. The zero-order chi connectivity index (χ0) is 19.7. The van der Waals surface area contributed by atoms with Crippen LogP contribution in [0.4, 0.5) is 4.39 Å². The molecule has 0 atom stereocenters. The fraction of sp³-hybridized carbons (Fsp3) is 0.333. The van der Waals surface area contributed by atoms with Gasteiger partial charge in [0.1, 0.15) is 11.9 Å². The number of rotatable bonds is 3. The average Bonchev–Trinajstić information content (AvgIpc) is 3.16. The van der Waals surface area contributed by atoms with Crippen LogP contribution in [0.5, 0.6) is 0 Å². The molecule has 1 amide bonds. The van der Waals surface area contributed by atoms with E-state index in [2.05, 4.69) is 16.3 Å². The number of amides is 1. The maximum absolute atomic E-state index is 14.1. The summed E-state index contributed by atoms with van der Waals surface area (Å²) in [6, 6.07) is 10.6. The highest BCUT2D eigenvalue weighted by Gasteiger charge is 2.28. The van der Waals surface area contributed by atoms with E-state index in [1.165, 1.54) is 6.07 Å². The van der Waals surface area contributed by atoms with Gasteiger partial charge in [0, 0.05) is 19.3 Å². The monoisotopic (exact) mass is 377 g/mol. The molecule has 0 N–H and O–H groups in total. The summed E-state index contributed by atoms with van der Waals surface area (Å²) in [5.74, 6) is 0.110. The number of hydrogen-bond acceptors (Lipinski definition) is 4. The summed E-state index contributed by atoms with van der Waals surface area (Å²) in [5.41, 5.74) is 2.81. The number of likely N-dealkylation sites (tertiary alicyclic amines) is 1. The molecule has 3 aromatic rings. The van der Waals surface area contributed by atoms with E-state index in [1.54, 1.807) is 33.7 Å². The molecule has 1 aliphatic heterocycles. The van der Waals surface area contributed by atoms with Crippen LogP contribution in [0.25, 0.3) is 5.65 Å². The van der Waals surface area contributed by atoms with Crippen LogP contribution in [-0.4, -0.2) is 38.5 Å². The van der Waals surface area contributed by atoms with Crippen LogP contribution in [0, 0.1) is 17.1 Å². The summed E-state index contributed by atoms with van der Waals surface area (Å²) in [5, 5.41) is 17.1. The fourth-order valence-electron chi connectivity index (χ4n) is 3.97. The Hall–Kier alpha value is -3.27. The number of hydrogen-bond donors (Lipinski definition) is 0. The minimum atomic E-state index is -0.198. The number of carbonyl (C=O) groups excluding carboxylic acids is 1. The van der Waals surface area contributed by atoms with E-state index in [-0.39, 0.29) is 23.5 Å². The van der Waals surface area contributed by atoms with Gasteiger partial charge < -0.3 is 4.90 Å². The molecule has 7 heteroatoms. The van der Waals surface area contributed by atoms with Crippen molar-refractivity contribution in [1.82, 2.24) is 19.5 Å². The van der Waals surface area contributed by atoms with Gasteiger partial charge in [-0.05, 0) is 54.5 Å². The Morgan fingerprint density at radius 3 is 2.75 bits per heavy atom. The van der Waals surface area contributed by atoms with E-state index >= 15 is 0 Å². The lowest BCUT2D eigenvalue weighted by atomic mass is 9.85. The second-order valence-corrected chi connectivity index (χ2v) is 7.01. The van der Waals surface area contributed by atoms with E-state index in [4.69, 9.17) is 5.26 Å². The van der Waals surface area contributed by atoms with E-state index in [9.17, 15) is 9.18 Å². The maximum atomic E-state index is 14.1.